The Kier molecular flexibility index (Phi) is 5.09. The molecule has 3 N–H and O–H groups in total. The minimum absolute atomic E-state index is 0.00881. The van der Waals surface area contributed by atoms with Crippen molar-refractivity contribution in [3.63, 3.8) is 0 Å². The average molecular weight is 301 g/mol. The molecule has 0 radical (unpaired) electrons. The summed E-state index contributed by atoms with van der Waals surface area (Å²) in [6, 6.07) is 4.61. The fourth-order valence-electron chi connectivity index (χ4n) is 1.54. The number of carbonyl (C=O) groups is 2. The van der Waals surface area contributed by atoms with E-state index in [4.69, 9.17) is 10.2 Å². The smallest absolute Gasteiger partial charge is 0.326 e. The van der Waals surface area contributed by atoms with Gasteiger partial charge >= 0.3 is 5.97 Å². The van der Waals surface area contributed by atoms with Crippen molar-refractivity contribution in [2.75, 3.05) is 12.0 Å². The largest absolute Gasteiger partial charge is 0.508 e. The second-order valence-corrected chi connectivity index (χ2v) is 6.54. The van der Waals surface area contributed by atoms with Crippen molar-refractivity contribution in [2.24, 2.45) is 0 Å². The monoisotopic (exact) mass is 301 g/mol. The van der Waals surface area contributed by atoms with Crippen LogP contribution in [0.25, 0.3) is 0 Å². The number of aliphatic carboxylic acids is 1. The Hall–Kier alpha value is -2.09. The molecule has 0 aliphatic carbocycles. The van der Waals surface area contributed by atoms with Gasteiger partial charge in [0.1, 0.15) is 17.5 Å². The first kappa shape index (κ1) is 16.0. The fourth-order valence-corrected chi connectivity index (χ4v) is 2.10. The molecular weight excluding hydrogens is 286 g/mol. The molecular formula is C12H15NO6S. The summed E-state index contributed by atoms with van der Waals surface area (Å²) in [4.78, 5) is 22.5. The number of aromatic hydroxyl groups is 1. The Morgan fingerprint density at radius 2 is 1.80 bits per heavy atom. The molecule has 110 valence electrons. The van der Waals surface area contributed by atoms with Gasteiger partial charge in [-0.05, 0) is 17.7 Å². The van der Waals surface area contributed by atoms with Crippen molar-refractivity contribution in [3.05, 3.63) is 29.8 Å². The summed E-state index contributed by atoms with van der Waals surface area (Å²) in [6.45, 7) is 0. The van der Waals surface area contributed by atoms with Crippen molar-refractivity contribution in [1.29, 1.82) is 0 Å². The van der Waals surface area contributed by atoms with E-state index in [0.29, 0.717) is 5.56 Å². The van der Waals surface area contributed by atoms with Gasteiger partial charge in [0.2, 0.25) is 5.91 Å². The molecule has 1 rings (SSSR count). The minimum Gasteiger partial charge on any atom is -0.508 e. The van der Waals surface area contributed by atoms with Gasteiger partial charge in [-0.1, -0.05) is 12.1 Å². The third-order valence-electron chi connectivity index (χ3n) is 2.40. The molecule has 0 aliphatic rings. The molecule has 20 heavy (non-hydrogen) atoms. The zero-order chi connectivity index (χ0) is 15.3. The van der Waals surface area contributed by atoms with Gasteiger partial charge in [-0.3, -0.25) is 4.79 Å². The SMILES string of the molecule is CS(=O)(=O)CC(=O)NC(Cc1ccc(O)cc1)C(=O)O. The van der Waals surface area contributed by atoms with E-state index in [1.165, 1.54) is 24.3 Å². The highest BCUT2D eigenvalue weighted by atomic mass is 32.2. The number of hydrogen-bond donors (Lipinski definition) is 3. The van der Waals surface area contributed by atoms with Crippen LogP contribution in [-0.4, -0.2) is 48.6 Å². The maximum atomic E-state index is 11.4. The van der Waals surface area contributed by atoms with Crippen LogP contribution in [0.2, 0.25) is 0 Å². The summed E-state index contributed by atoms with van der Waals surface area (Å²) in [7, 11) is -3.51. The lowest BCUT2D eigenvalue weighted by molar-refractivity contribution is -0.141. The van der Waals surface area contributed by atoms with E-state index in [9.17, 15) is 18.0 Å². The van der Waals surface area contributed by atoms with Crippen LogP contribution >= 0.6 is 0 Å². The lowest BCUT2D eigenvalue weighted by atomic mass is 10.1. The van der Waals surface area contributed by atoms with E-state index in [-0.39, 0.29) is 12.2 Å². The number of nitrogens with one attached hydrogen (secondary N) is 1. The second kappa shape index (κ2) is 6.38. The molecule has 0 heterocycles. The van der Waals surface area contributed by atoms with Crippen LogP contribution in [0.15, 0.2) is 24.3 Å². The van der Waals surface area contributed by atoms with Gasteiger partial charge in [-0.15, -0.1) is 0 Å². The Morgan fingerprint density at radius 1 is 1.25 bits per heavy atom. The molecule has 0 bridgehead atoms. The number of rotatable bonds is 6. The van der Waals surface area contributed by atoms with Gasteiger partial charge in [0.25, 0.3) is 0 Å². The van der Waals surface area contributed by atoms with Crippen molar-refractivity contribution in [3.8, 4) is 5.75 Å². The van der Waals surface area contributed by atoms with Crippen LogP contribution in [0.1, 0.15) is 5.56 Å². The molecule has 0 fully saturated rings. The standard InChI is InChI=1S/C12H15NO6S/c1-20(18,19)7-11(15)13-10(12(16)17)6-8-2-4-9(14)5-3-8/h2-5,10,14H,6-7H2,1H3,(H,13,15)(H,16,17). The highest BCUT2D eigenvalue weighted by molar-refractivity contribution is 7.91. The number of amides is 1. The predicted octanol–water partition coefficient (Wildman–Crippen LogP) is -0.451. The van der Waals surface area contributed by atoms with E-state index in [0.717, 1.165) is 6.26 Å². The van der Waals surface area contributed by atoms with E-state index in [1.54, 1.807) is 0 Å². The van der Waals surface area contributed by atoms with E-state index in [2.05, 4.69) is 5.32 Å². The summed E-state index contributed by atoms with van der Waals surface area (Å²) >= 11 is 0. The molecule has 0 saturated carbocycles. The van der Waals surface area contributed by atoms with Crippen LogP contribution in [0, 0.1) is 0 Å². The fraction of sp³-hybridized carbons (Fsp3) is 0.333. The zero-order valence-electron chi connectivity index (χ0n) is 10.7. The molecule has 7 nitrogen and oxygen atoms in total. The van der Waals surface area contributed by atoms with Crippen LogP contribution in [0.5, 0.6) is 5.75 Å². The van der Waals surface area contributed by atoms with E-state index < -0.39 is 33.5 Å². The number of carboxylic acids is 1. The number of phenols is 1. The Balaban J connectivity index is 2.72. The third kappa shape index (κ3) is 5.70. The van der Waals surface area contributed by atoms with E-state index in [1.807, 2.05) is 0 Å². The number of carbonyl (C=O) groups excluding carboxylic acids is 1. The third-order valence-corrected chi connectivity index (χ3v) is 3.19. The van der Waals surface area contributed by atoms with Gasteiger partial charge in [0.05, 0.1) is 0 Å². The normalized spacial score (nSPS) is 12.7. The highest BCUT2D eigenvalue weighted by Gasteiger charge is 2.22. The van der Waals surface area contributed by atoms with Crippen LogP contribution < -0.4 is 5.32 Å². The average Bonchev–Trinajstić information content (AvgIpc) is 2.28. The van der Waals surface area contributed by atoms with Gasteiger partial charge in [0.15, 0.2) is 9.84 Å². The summed E-state index contributed by atoms with van der Waals surface area (Å²) in [5.41, 5.74) is 0.592. The maximum Gasteiger partial charge on any atom is 0.326 e. The van der Waals surface area contributed by atoms with Gasteiger partial charge in [0, 0.05) is 12.7 Å². The molecule has 0 aliphatic heterocycles. The molecule has 1 aromatic carbocycles. The molecule has 1 unspecified atom stereocenters. The van der Waals surface area contributed by atoms with Crippen molar-refractivity contribution in [1.82, 2.24) is 5.32 Å². The first-order chi connectivity index (χ1) is 9.17. The Bertz CT molecular complexity index is 593. The predicted molar refractivity (Wildman–Crippen MR) is 71.1 cm³/mol. The van der Waals surface area contributed by atoms with Gasteiger partial charge in [-0.25, -0.2) is 13.2 Å². The van der Waals surface area contributed by atoms with Crippen LogP contribution in [0.3, 0.4) is 0 Å². The van der Waals surface area contributed by atoms with Crippen molar-refractivity contribution in [2.45, 2.75) is 12.5 Å². The summed E-state index contributed by atoms with van der Waals surface area (Å²) < 4.78 is 21.9. The summed E-state index contributed by atoms with van der Waals surface area (Å²) in [6.07, 6.45) is 0.882. The first-order valence-electron chi connectivity index (χ1n) is 5.65. The number of phenolic OH excluding ortho intramolecular Hbond substituents is 1. The molecule has 8 heteroatoms. The molecule has 0 spiro atoms. The minimum atomic E-state index is -3.51. The van der Waals surface area contributed by atoms with Crippen molar-refractivity contribution < 1.29 is 28.2 Å². The van der Waals surface area contributed by atoms with Crippen LogP contribution in [-0.2, 0) is 25.8 Å². The number of sulfone groups is 1. The molecule has 1 atom stereocenters. The number of carboxylic acid groups (broad SMARTS) is 1. The lowest BCUT2D eigenvalue weighted by Crippen LogP contribution is -2.44. The first-order valence-corrected chi connectivity index (χ1v) is 7.71. The highest BCUT2D eigenvalue weighted by Crippen LogP contribution is 2.11. The quantitative estimate of drug-likeness (QED) is 0.654. The van der Waals surface area contributed by atoms with Gasteiger partial charge < -0.3 is 15.5 Å². The Labute approximate surface area is 116 Å². The zero-order valence-corrected chi connectivity index (χ0v) is 11.6. The van der Waals surface area contributed by atoms with Gasteiger partial charge in [-0.2, -0.15) is 0 Å². The van der Waals surface area contributed by atoms with Crippen LogP contribution in [0.4, 0.5) is 0 Å². The summed E-state index contributed by atoms with van der Waals surface area (Å²) in [5, 5.41) is 20.3. The summed E-state index contributed by atoms with van der Waals surface area (Å²) in [5.74, 6) is -2.84. The lowest BCUT2D eigenvalue weighted by Gasteiger charge is -2.14. The Morgan fingerprint density at radius 3 is 2.25 bits per heavy atom. The molecule has 1 amide bonds. The molecule has 0 aromatic heterocycles. The maximum absolute atomic E-state index is 11.4. The topological polar surface area (TPSA) is 121 Å². The molecule has 1 aromatic rings. The van der Waals surface area contributed by atoms with Crippen molar-refractivity contribution >= 4 is 21.7 Å². The van der Waals surface area contributed by atoms with E-state index >= 15 is 0 Å². The second-order valence-electron chi connectivity index (χ2n) is 4.40. The number of hydrogen-bond acceptors (Lipinski definition) is 5. The molecule has 0 saturated heterocycles. The number of benzene rings is 1.